The highest BCUT2D eigenvalue weighted by Crippen LogP contribution is 2.30. The Kier molecular flexibility index (Phi) is 9.41. The molecule has 0 saturated heterocycles. The lowest BCUT2D eigenvalue weighted by Crippen LogP contribution is -2.28. The smallest absolute Gasteiger partial charge is 0.412 e. The number of ether oxygens (including phenoxy) is 2. The van der Waals surface area contributed by atoms with Crippen LogP contribution in [0.3, 0.4) is 0 Å². The molecule has 2 atom stereocenters. The molecule has 0 bridgehead atoms. The Morgan fingerprint density at radius 3 is 2.47 bits per heavy atom. The molecule has 2 amide bonds. The topological polar surface area (TPSA) is 123 Å². The first-order valence-corrected chi connectivity index (χ1v) is 11.2. The van der Waals surface area contributed by atoms with E-state index >= 15 is 0 Å². The van der Waals surface area contributed by atoms with E-state index in [0.717, 1.165) is 6.07 Å². The number of allylic oxidation sites excluding steroid dienone is 1. The Hall–Kier alpha value is -4.37. The van der Waals surface area contributed by atoms with E-state index in [-0.39, 0.29) is 5.91 Å². The fourth-order valence-corrected chi connectivity index (χ4v) is 3.47. The number of phenols is 1. The second-order valence-corrected chi connectivity index (χ2v) is 7.86. The standard InChI is InChI=1S/C27H28FN3O5/c1-35-24(13-7-8-14-25(33)31-22-12-6-5-11-21(22)29)26(18-15-16-23(32)20(28)17-18)36-27(34)30-19-9-3-2-4-10-19/h2-6,8-12,14-17,24,26,32H,7,13,29H2,1H3,(H,30,34)(H,31,33)/b14-8+/t24-,26-/m0/s1. The van der Waals surface area contributed by atoms with Gasteiger partial charge in [-0.2, -0.15) is 0 Å². The van der Waals surface area contributed by atoms with Crippen molar-refractivity contribution in [3.63, 3.8) is 0 Å². The van der Waals surface area contributed by atoms with Gasteiger partial charge in [0.1, 0.15) is 0 Å². The molecule has 0 fully saturated rings. The van der Waals surface area contributed by atoms with E-state index in [1.54, 1.807) is 54.6 Å². The molecule has 3 aromatic rings. The summed E-state index contributed by atoms with van der Waals surface area (Å²) in [5.74, 6) is -1.72. The predicted octanol–water partition coefficient (Wildman–Crippen LogP) is 5.39. The molecule has 0 aliphatic carbocycles. The normalized spacial score (nSPS) is 12.6. The van der Waals surface area contributed by atoms with Crippen molar-refractivity contribution in [3.05, 3.63) is 96.3 Å². The minimum atomic E-state index is -0.986. The van der Waals surface area contributed by atoms with Crippen LogP contribution in [0.5, 0.6) is 5.75 Å². The molecule has 0 spiro atoms. The summed E-state index contributed by atoms with van der Waals surface area (Å²) < 4.78 is 25.3. The zero-order valence-corrected chi connectivity index (χ0v) is 19.7. The molecule has 0 aromatic heterocycles. The van der Waals surface area contributed by atoms with E-state index < -0.39 is 29.9 Å². The molecule has 36 heavy (non-hydrogen) atoms. The van der Waals surface area contributed by atoms with E-state index in [9.17, 15) is 19.1 Å². The highest BCUT2D eigenvalue weighted by atomic mass is 19.1. The SMILES string of the molecule is CO[C@@H](CC/C=C/C(=O)Nc1ccccc1N)[C@@H](OC(=O)Nc1ccccc1)c1ccc(O)c(F)c1. The monoisotopic (exact) mass is 493 g/mol. The van der Waals surface area contributed by atoms with Gasteiger partial charge in [0.15, 0.2) is 17.7 Å². The average molecular weight is 494 g/mol. The van der Waals surface area contributed by atoms with Gasteiger partial charge in [-0.3, -0.25) is 10.1 Å². The second kappa shape index (κ2) is 12.9. The third kappa shape index (κ3) is 7.57. The third-order valence-electron chi connectivity index (χ3n) is 5.30. The van der Waals surface area contributed by atoms with Crippen LogP contribution in [0.25, 0.3) is 0 Å². The van der Waals surface area contributed by atoms with Crippen molar-refractivity contribution in [1.82, 2.24) is 0 Å². The number of methoxy groups -OCH3 is 1. The van der Waals surface area contributed by atoms with Gasteiger partial charge in [-0.25, -0.2) is 9.18 Å². The lowest BCUT2D eigenvalue weighted by molar-refractivity contribution is -0.111. The van der Waals surface area contributed by atoms with Gasteiger partial charge in [0.05, 0.1) is 17.5 Å². The van der Waals surface area contributed by atoms with Crippen LogP contribution in [-0.2, 0) is 14.3 Å². The highest BCUT2D eigenvalue weighted by molar-refractivity contribution is 6.01. The van der Waals surface area contributed by atoms with Crippen LogP contribution in [-0.4, -0.2) is 30.3 Å². The summed E-state index contributed by atoms with van der Waals surface area (Å²) >= 11 is 0. The van der Waals surface area contributed by atoms with Gasteiger partial charge < -0.3 is 25.6 Å². The van der Waals surface area contributed by atoms with Gasteiger partial charge in [0.2, 0.25) is 5.91 Å². The summed E-state index contributed by atoms with van der Waals surface area (Å²) in [6.45, 7) is 0. The molecule has 8 nitrogen and oxygen atoms in total. The largest absolute Gasteiger partial charge is 0.505 e. The molecule has 188 valence electrons. The predicted molar refractivity (Wildman–Crippen MR) is 136 cm³/mol. The number of benzene rings is 3. The van der Waals surface area contributed by atoms with Gasteiger partial charge in [0, 0.05) is 12.8 Å². The molecule has 0 aliphatic heterocycles. The maximum atomic E-state index is 14.1. The van der Waals surface area contributed by atoms with Crippen LogP contribution < -0.4 is 16.4 Å². The van der Waals surface area contributed by atoms with Gasteiger partial charge >= 0.3 is 6.09 Å². The summed E-state index contributed by atoms with van der Waals surface area (Å²) in [5.41, 5.74) is 7.63. The second-order valence-electron chi connectivity index (χ2n) is 7.86. The molecule has 5 N–H and O–H groups in total. The molecule has 0 aliphatic rings. The van der Waals surface area contributed by atoms with E-state index in [1.165, 1.54) is 25.3 Å². The van der Waals surface area contributed by atoms with E-state index in [4.69, 9.17) is 15.2 Å². The number of para-hydroxylation sites is 3. The lowest BCUT2D eigenvalue weighted by atomic mass is 10.00. The number of hydrogen-bond acceptors (Lipinski definition) is 6. The van der Waals surface area contributed by atoms with Crippen molar-refractivity contribution in [2.75, 3.05) is 23.5 Å². The quantitative estimate of drug-likeness (QED) is 0.222. The number of nitrogens with two attached hydrogens (primary N) is 1. The first kappa shape index (κ1) is 26.2. The van der Waals surface area contributed by atoms with E-state index in [0.29, 0.717) is 35.5 Å². The Labute approximate surface area is 208 Å². The van der Waals surface area contributed by atoms with Crippen molar-refractivity contribution in [3.8, 4) is 5.75 Å². The Balaban J connectivity index is 1.67. The molecular weight excluding hydrogens is 465 g/mol. The van der Waals surface area contributed by atoms with Crippen molar-refractivity contribution >= 4 is 29.1 Å². The summed E-state index contributed by atoms with van der Waals surface area (Å²) in [6.07, 6.45) is 1.36. The molecular formula is C27H28FN3O5. The first-order chi connectivity index (χ1) is 17.4. The van der Waals surface area contributed by atoms with Crippen LogP contribution in [0.4, 0.5) is 26.2 Å². The molecule has 0 radical (unpaired) electrons. The minimum Gasteiger partial charge on any atom is -0.505 e. The minimum absolute atomic E-state index is 0.307. The van der Waals surface area contributed by atoms with Gasteiger partial charge in [-0.15, -0.1) is 0 Å². The molecule has 3 aromatic carbocycles. The van der Waals surface area contributed by atoms with Crippen molar-refractivity contribution in [1.29, 1.82) is 0 Å². The molecule has 3 rings (SSSR count). The van der Waals surface area contributed by atoms with Gasteiger partial charge in [-0.1, -0.05) is 42.5 Å². The number of phenolic OH excluding ortho intramolecular Hbond substituents is 1. The number of aromatic hydroxyl groups is 1. The molecule has 0 unspecified atom stereocenters. The fraction of sp³-hybridized carbons (Fsp3) is 0.185. The number of amides is 2. The van der Waals surface area contributed by atoms with Crippen molar-refractivity contribution in [2.24, 2.45) is 0 Å². The van der Waals surface area contributed by atoms with Crippen molar-refractivity contribution in [2.45, 2.75) is 25.0 Å². The number of nitrogens with one attached hydrogen (secondary N) is 2. The first-order valence-electron chi connectivity index (χ1n) is 11.2. The van der Waals surface area contributed by atoms with Gasteiger partial charge in [-0.05, 0) is 60.9 Å². The number of carbonyl (C=O) groups excluding carboxylic acids is 2. The fourth-order valence-electron chi connectivity index (χ4n) is 3.47. The van der Waals surface area contributed by atoms with Crippen LogP contribution >= 0.6 is 0 Å². The zero-order chi connectivity index (χ0) is 25.9. The number of hydrogen-bond donors (Lipinski definition) is 4. The van der Waals surface area contributed by atoms with E-state index in [2.05, 4.69) is 10.6 Å². The molecule has 0 saturated carbocycles. The number of rotatable bonds is 10. The lowest BCUT2D eigenvalue weighted by Gasteiger charge is -2.26. The third-order valence-corrected chi connectivity index (χ3v) is 5.30. The number of carbonyl (C=O) groups is 2. The zero-order valence-electron chi connectivity index (χ0n) is 19.7. The van der Waals surface area contributed by atoms with Crippen molar-refractivity contribution < 1.29 is 28.6 Å². The van der Waals surface area contributed by atoms with Crippen LogP contribution in [0.2, 0.25) is 0 Å². The summed E-state index contributed by atoms with van der Waals surface area (Å²) in [7, 11) is 1.45. The average Bonchev–Trinajstić information content (AvgIpc) is 2.87. The van der Waals surface area contributed by atoms with Crippen LogP contribution in [0, 0.1) is 5.82 Å². The summed E-state index contributed by atoms with van der Waals surface area (Å²) in [4.78, 5) is 24.8. The van der Waals surface area contributed by atoms with Crippen LogP contribution in [0.15, 0.2) is 84.9 Å². The van der Waals surface area contributed by atoms with Crippen LogP contribution in [0.1, 0.15) is 24.5 Å². The highest BCUT2D eigenvalue weighted by Gasteiger charge is 2.28. The number of halogens is 1. The molecule has 0 heterocycles. The summed E-state index contributed by atoms with van der Waals surface area (Å²) in [6, 6.07) is 19.4. The number of anilines is 3. The maximum absolute atomic E-state index is 14.1. The van der Waals surface area contributed by atoms with Gasteiger partial charge in [0.25, 0.3) is 0 Å². The Bertz CT molecular complexity index is 1200. The summed E-state index contributed by atoms with van der Waals surface area (Å²) in [5, 5.41) is 14.9. The Morgan fingerprint density at radius 1 is 1.06 bits per heavy atom. The number of nitrogen functional groups attached to an aromatic ring is 1. The Morgan fingerprint density at radius 2 is 1.78 bits per heavy atom. The van der Waals surface area contributed by atoms with E-state index in [1.807, 2.05) is 6.07 Å². The maximum Gasteiger partial charge on any atom is 0.412 e. The molecule has 9 heteroatoms.